The summed E-state index contributed by atoms with van der Waals surface area (Å²) >= 11 is 11.9. The first kappa shape index (κ1) is 19.4. The van der Waals surface area contributed by atoms with Crippen LogP contribution >= 0.6 is 23.2 Å². The zero-order valence-electron chi connectivity index (χ0n) is 14.8. The molecule has 2 heterocycles. The number of piperidine rings is 1. The minimum absolute atomic E-state index is 0.156. The van der Waals surface area contributed by atoms with E-state index in [1.54, 1.807) is 30.3 Å². The minimum Gasteiger partial charge on any atom is -0.339 e. The Labute approximate surface area is 173 Å². The molecule has 0 spiro atoms. The second kappa shape index (κ2) is 7.83. The number of rotatable bonds is 4. The second-order valence-electron chi connectivity index (χ2n) is 6.62. The van der Waals surface area contributed by atoms with Crippen LogP contribution < -0.4 is 0 Å². The van der Waals surface area contributed by atoms with Crippen molar-refractivity contribution in [3.8, 4) is 11.4 Å². The molecule has 4 rings (SSSR count). The van der Waals surface area contributed by atoms with E-state index in [2.05, 4.69) is 10.1 Å². The molecule has 0 unspecified atom stereocenters. The highest BCUT2D eigenvalue weighted by atomic mass is 35.5. The molecule has 0 amide bonds. The minimum atomic E-state index is -3.63. The van der Waals surface area contributed by atoms with Crippen LogP contribution in [0.15, 0.2) is 57.9 Å². The Balaban J connectivity index is 1.55. The molecule has 1 aliphatic rings. The van der Waals surface area contributed by atoms with Crippen LogP contribution in [0.25, 0.3) is 11.4 Å². The lowest BCUT2D eigenvalue weighted by Crippen LogP contribution is -2.39. The van der Waals surface area contributed by atoms with Gasteiger partial charge in [-0.15, -0.1) is 0 Å². The Bertz CT molecular complexity index is 1080. The van der Waals surface area contributed by atoms with Crippen LogP contribution in [0.5, 0.6) is 0 Å². The number of hydrogen-bond acceptors (Lipinski definition) is 5. The van der Waals surface area contributed by atoms with E-state index < -0.39 is 10.0 Å². The largest absolute Gasteiger partial charge is 0.339 e. The number of aromatic nitrogens is 2. The van der Waals surface area contributed by atoms with E-state index in [-0.39, 0.29) is 17.4 Å². The average Bonchev–Trinajstić information content (AvgIpc) is 3.19. The van der Waals surface area contributed by atoms with Crippen LogP contribution in [-0.4, -0.2) is 36.0 Å². The van der Waals surface area contributed by atoms with Crippen molar-refractivity contribution in [3.05, 3.63) is 64.5 Å². The van der Waals surface area contributed by atoms with Gasteiger partial charge in [0.25, 0.3) is 0 Å². The summed E-state index contributed by atoms with van der Waals surface area (Å²) in [6.45, 7) is 0.737. The quantitative estimate of drug-likeness (QED) is 0.595. The molecule has 1 aliphatic heterocycles. The molecule has 146 valence electrons. The van der Waals surface area contributed by atoms with E-state index in [9.17, 15) is 8.42 Å². The van der Waals surface area contributed by atoms with Crippen molar-refractivity contribution >= 4 is 33.2 Å². The lowest BCUT2D eigenvalue weighted by atomic mass is 10.00. The van der Waals surface area contributed by atoms with Gasteiger partial charge in [0.05, 0.1) is 10.8 Å². The van der Waals surface area contributed by atoms with Gasteiger partial charge in [0.15, 0.2) is 0 Å². The Morgan fingerprint density at radius 1 is 1.07 bits per heavy atom. The van der Waals surface area contributed by atoms with Crippen molar-refractivity contribution in [1.29, 1.82) is 0 Å². The summed E-state index contributed by atoms with van der Waals surface area (Å²) < 4.78 is 32.8. The number of benzene rings is 2. The molecular formula is C19H17Cl2N3O3S. The van der Waals surface area contributed by atoms with Crippen molar-refractivity contribution < 1.29 is 12.9 Å². The third-order valence-corrected chi connectivity index (χ3v) is 7.06. The van der Waals surface area contributed by atoms with E-state index in [0.29, 0.717) is 34.7 Å². The predicted molar refractivity (Wildman–Crippen MR) is 107 cm³/mol. The maximum atomic E-state index is 13.0. The fraction of sp³-hybridized carbons (Fsp3) is 0.263. The van der Waals surface area contributed by atoms with Gasteiger partial charge in [-0.3, -0.25) is 0 Å². The van der Waals surface area contributed by atoms with Gasteiger partial charge in [0.2, 0.25) is 21.7 Å². The van der Waals surface area contributed by atoms with Crippen LogP contribution in [-0.2, 0) is 10.0 Å². The summed E-state index contributed by atoms with van der Waals surface area (Å²) in [4.78, 5) is 4.66. The van der Waals surface area contributed by atoms with Gasteiger partial charge < -0.3 is 4.52 Å². The van der Waals surface area contributed by atoms with E-state index in [0.717, 1.165) is 12.0 Å². The zero-order valence-corrected chi connectivity index (χ0v) is 17.1. The fourth-order valence-corrected chi connectivity index (χ4v) is 5.21. The molecule has 0 aliphatic carbocycles. The molecule has 0 saturated carbocycles. The fourth-order valence-electron chi connectivity index (χ4n) is 3.26. The van der Waals surface area contributed by atoms with Crippen molar-refractivity contribution in [2.75, 3.05) is 13.1 Å². The molecule has 1 atom stereocenters. The number of halogens is 2. The normalized spacial score (nSPS) is 18.3. The molecule has 1 fully saturated rings. The van der Waals surface area contributed by atoms with Gasteiger partial charge in [0, 0.05) is 28.7 Å². The first-order chi connectivity index (χ1) is 13.4. The average molecular weight is 438 g/mol. The summed E-state index contributed by atoms with van der Waals surface area (Å²) in [7, 11) is -3.63. The number of sulfonamides is 1. The topological polar surface area (TPSA) is 76.3 Å². The third-order valence-electron chi connectivity index (χ3n) is 4.71. The van der Waals surface area contributed by atoms with Gasteiger partial charge >= 0.3 is 0 Å². The smallest absolute Gasteiger partial charge is 0.243 e. The van der Waals surface area contributed by atoms with Crippen LogP contribution in [0.1, 0.15) is 24.7 Å². The van der Waals surface area contributed by atoms with Gasteiger partial charge in [-0.05, 0) is 55.3 Å². The number of nitrogens with zero attached hydrogens (tertiary/aromatic N) is 3. The van der Waals surface area contributed by atoms with E-state index >= 15 is 0 Å². The van der Waals surface area contributed by atoms with Gasteiger partial charge in [0.1, 0.15) is 0 Å². The molecule has 2 aromatic carbocycles. The standard InChI is InChI=1S/C19H17Cl2N3O3S/c20-15-8-6-13(7-9-15)18-22-19(27-23-18)14-3-2-10-24(12-14)28(25,26)17-5-1-4-16(21)11-17/h1,4-9,11,14H,2-3,10,12H2/t14-/m1/s1. The molecule has 6 nitrogen and oxygen atoms in total. The Kier molecular flexibility index (Phi) is 5.42. The van der Waals surface area contributed by atoms with Gasteiger partial charge in [-0.1, -0.05) is 34.4 Å². The molecule has 9 heteroatoms. The lowest BCUT2D eigenvalue weighted by Gasteiger charge is -2.30. The van der Waals surface area contributed by atoms with Crippen LogP contribution in [0.3, 0.4) is 0 Å². The summed E-state index contributed by atoms with van der Waals surface area (Å²) in [5, 5.41) is 5.05. The third kappa shape index (κ3) is 3.93. The molecular weight excluding hydrogens is 421 g/mol. The van der Waals surface area contributed by atoms with Crippen molar-refractivity contribution in [3.63, 3.8) is 0 Å². The Morgan fingerprint density at radius 2 is 1.86 bits per heavy atom. The molecule has 3 aromatic rings. The van der Waals surface area contributed by atoms with E-state index in [4.69, 9.17) is 27.7 Å². The Morgan fingerprint density at radius 3 is 2.61 bits per heavy atom. The highest BCUT2D eigenvalue weighted by Crippen LogP contribution is 2.31. The number of hydrogen-bond donors (Lipinski definition) is 0. The Hall–Kier alpha value is -1.93. The first-order valence-corrected chi connectivity index (χ1v) is 11.0. The lowest BCUT2D eigenvalue weighted by molar-refractivity contribution is 0.265. The maximum Gasteiger partial charge on any atom is 0.243 e. The van der Waals surface area contributed by atoms with Gasteiger partial charge in [-0.25, -0.2) is 8.42 Å². The maximum absolute atomic E-state index is 13.0. The SMILES string of the molecule is O=S(=O)(c1cccc(Cl)c1)N1CCC[C@@H](c2nc(-c3ccc(Cl)cc3)no2)C1. The zero-order chi connectivity index (χ0) is 19.7. The highest BCUT2D eigenvalue weighted by molar-refractivity contribution is 7.89. The molecule has 0 bridgehead atoms. The molecule has 28 heavy (non-hydrogen) atoms. The summed E-state index contributed by atoms with van der Waals surface area (Å²) in [5.41, 5.74) is 0.790. The first-order valence-electron chi connectivity index (χ1n) is 8.79. The van der Waals surface area contributed by atoms with E-state index in [1.165, 1.54) is 10.4 Å². The van der Waals surface area contributed by atoms with Crippen LogP contribution in [0, 0.1) is 0 Å². The van der Waals surface area contributed by atoms with Gasteiger partial charge in [-0.2, -0.15) is 9.29 Å². The van der Waals surface area contributed by atoms with E-state index in [1.807, 2.05) is 12.1 Å². The molecule has 1 saturated heterocycles. The summed E-state index contributed by atoms with van der Waals surface area (Å²) in [5.74, 6) is 0.744. The van der Waals surface area contributed by atoms with Crippen molar-refractivity contribution in [2.24, 2.45) is 0 Å². The highest BCUT2D eigenvalue weighted by Gasteiger charge is 2.33. The monoisotopic (exact) mass is 437 g/mol. The summed E-state index contributed by atoms with van der Waals surface area (Å²) in [6.07, 6.45) is 1.49. The van der Waals surface area contributed by atoms with Crippen molar-refractivity contribution in [1.82, 2.24) is 14.4 Å². The van der Waals surface area contributed by atoms with Crippen molar-refractivity contribution in [2.45, 2.75) is 23.7 Å². The molecule has 1 aromatic heterocycles. The van der Waals surface area contributed by atoms with Crippen LogP contribution in [0.2, 0.25) is 10.0 Å². The second-order valence-corrected chi connectivity index (χ2v) is 9.43. The summed E-state index contributed by atoms with van der Waals surface area (Å²) in [6, 6.07) is 13.4. The predicted octanol–water partition coefficient (Wildman–Crippen LogP) is 4.61. The molecule has 0 N–H and O–H groups in total. The molecule has 0 radical (unpaired) electrons. The van der Waals surface area contributed by atoms with Crippen LogP contribution in [0.4, 0.5) is 0 Å².